The minimum atomic E-state index is -1.23. The molecule has 4 aromatic carbocycles. The van der Waals surface area contributed by atoms with Crippen molar-refractivity contribution in [1.29, 1.82) is 0 Å². The maximum absolute atomic E-state index is 13.3. The molecule has 0 bridgehead atoms. The van der Waals surface area contributed by atoms with E-state index in [1.54, 1.807) is 118 Å². The number of carbonyl (C=O) groups excluding carboxylic acids is 5. The van der Waals surface area contributed by atoms with Crippen molar-refractivity contribution in [2.24, 2.45) is 0 Å². The third kappa shape index (κ3) is 13.6. The lowest BCUT2D eigenvalue weighted by Gasteiger charge is -2.23. The van der Waals surface area contributed by atoms with Gasteiger partial charge in [0.1, 0.15) is 30.0 Å². The van der Waals surface area contributed by atoms with Crippen molar-refractivity contribution < 1.29 is 38.2 Å². The molecular weight excluding hydrogens is 721 g/mol. The largest absolute Gasteiger partial charge is 0.489 e. The molecule has 3 amide bonds. The Morgan fingerprint density at radius 1 is 0.698 bits per heavy atom. The molecule has 0 aliphatic carbocycles. The average molecular weight is 763 g/mol. The number of amides is 3. The zero-order chi connectivity index (χ0) is 38.4. The van der Waals surface area contributed by atoms with E-state index < -0.39 is 60.5 Å². The van der Waals surface area contributed by atoms with E-state index in [9.17, 15) is 24.0 Å². The Hall–Kier alpha value is -5.39. The predicted octanol–water partition coefficient (Wildman–Crippen LogP) is 6.28. The first kappa shape index (κ1) is 40.4. The number of carbonyl (C=O) groups is 5. The lowest BCUT2D eigenvalue weighted by atomic mass is 10.1. The topological polar surface area (TPSA) is 149 Å². The average Bonchev–Trinajstić information content (AvgIpc) is 3.12. The van der Waals surface area contributed by atoms with E-state index in [1.807, 2.05) is 6.07 Å². The molecule has 0 unspecified atom stereocenters. The van der Waals surface area contributed by atoms with E-state index in [1.165, 1.54) is 0 Å². The number of hydrogen-bond acceptors (Lipinski definition) is 8. The number of halogens is 2. The van der Waals surface area contributed by atoms with Crippen LogP contribution >= 0.6 is 23.2 Å². The van der Waals surface area contributed by atoms with E-state index in [-0.39, 0.29) is 19.4 Å². The van der Waals surface area contributed by atoms with Crippen molar-refractivity contribution >= 4 is 52.9 Å². The molecule has 13 heteroatoms. The van der Waals surface area contributed by atoms with Gasteiger partial charge < -0.3 is 30.2 Å². The number of benzene rings is 4. The first-order chi connectivity index (χ1) is 25.3. The molecule has 53 heavy (non-hydrogen) atoms. The van der Waals surface area contributed by atoms with Gasteiger partial charge in [-0.15, -0.1) is 0 Å². The van der Waals surface area contributed by atoms with E-state index in [4.69, 9.17) is 37.4 Å². The highest BCUT2D eigenvalue weighted by atomic mass is 35.5. The Bertz CT molecular complexity index is 1850. The van der Waals surface area contributed by atoms with Crippen molar-refractivity contribution in [3.05, 3.63) is 135 Å². The van der Waals surface area contributed by atoms with Crippen LogP contribution in [-0.2, 0) is 43.3 Å². The Morgan fingerprint density at radius 2 is 1.28 bits per heavy atom. The predicted molar refractivity (Wildman–Crippen MR) is 201 cm³/mol. The zero-order valence-corrected chi connectivity index (χ0v) is 31.0. The van der Waals surface area contributed by atoms with Crippen LogP contribution in [0.15, 0.2) is 103 Å². The van der Waals surface area contributed by atoms with Gasteiger partial charge in [0.2, 0.25) is 11.8 Å². The molecule has 4 rings (SSSR count). The fourth-order valence-corrected chi connectivity index (χ4v) is 5.47. The first-order valence-electron chi connectivity index (χ1n) is 16.8. The number of rotatable bonds is 16. The van der Waals surface area contributed by atoms with Gasteiger partial charge in [-0.1, -0.05) is 102 Å². The van der Waals surface area contributed by atoms with Gasteiger partial charge in [0.05, 0.1) is 6.54 Å². The number of esters is 1. The van der Waals surface area contributed by atoms with Crippen molar-refractivity contribution in [3.63, 3.8) is 0 Å². The summed E-state index contributed by atoms with van der Waals surface area (Å²) in [6.07, 6.45) is -0.677. The van der Waals surface area contributed by atoms with Gasteiger partial charge in [-0.2, -0.15) is 0 Å². The Morgan fingerprint density at radius 3 is 1.91 bits per heavy atom. The number of ketones is 1. The maximum Gasteiger partial charge on any atom is 0.408 e. The summed E-state index contributed by atoms with van der Waals surface area (Å²) in [6.45, 7) is 4.16. The van der Waals surface area contributed by atoms with Crippen LogP contribution in [0.4, 0.5) is 4.79 Å². The second kappa shape index (κ2) is 19.4. The molecule has 0 aliphatic heterocycles. The van der Waals surface area contributed by atoms with E-state index in [0.717, 1.165) is 5.56 Å². The number of ether oxygens (including phenoxy) is 3. The van der Waals surface area contributed by atoms with Crippen LogP contribution in [0.5, 0.6) is 5.75 Å². The standard InChI is InChI=1S/C40H41Cl2N3O8/c1-40(2,3)53-39(50)45-33(21-26-11-6-4-7-12-26)37(48)43-23-36(47)44-34(38(49)52-25-35(46)28-13-8-5-9-14-28)22-27-17-19-29(20-18-27)51-24-30-31(41)15-10-16-32(30)42/h4-20,33-34H,21-25H2,1-3H3,(H,43,48)(H,44,47)(H,45,50)/t33-,34-/m0/s1. The zero-order valence-electron chi connectivity index (χ0n) is 29.5. The Balaban J connectivity index is 1.42. The molecule has 3 N–H and O–H groups in total. The van der Waals surface area contributed by atoms with Crippen LogP contribution in [0.3, 0.4) is 0 Å². The molecule has 0 aromatic heterocycles. The number of alkyl carbamates (subject to hydrolysis) is 1. The summed E-state index contributed by atoms with van der Waals surface area (Å²) in [5.41, 5.74) is 1.60. The molecule has 0 saturated carbocycles. The quantitative estimate of drug-likeness (QED) is 0.0893. The highest BCUT2D eigenvalue weighted by molar-refractivity contribution is 6.35. The molecule has 0 spiro atoms. The van der Waals surface area contributed by atoms with Crippen LogP contribution in [0.2, 0.25) is 10.0 Å². The normalized spacial score (nSPS) is 12.1. The molecule has 0 radical (unpaired) electrons. The highest BCUT2D eigenvalue weighted by Crippen LogP contribution is 2.26. The van der Waals surface area contributed by atoms with Crippen molar-refractivity contribution in [3.8, 4) is 5.75 Å². The highest BCUT2D eigenvalue weighted by Gasteiger charge is 2.27. The molecule has 0 fully saturated rings. The minimum absolute atomic E-state index is 0.00843. The monoisotopic (exact) mass is 761 g/mol. The van der Waals surface area contributed by atoms with Gasteiger partial charge in [-0.25, -0.2) is 9.59 Å². The third-order valence-corrected chi connectivity index (χ3v) is 8.29. The van der Waals surface area contributed by atoms with Crippen LogP contribution < -0.4 is 20.7 Å². The molecule has 0 aliphatic rings. The van der Waals surface area contributed by atoms with Gasteiger partial charge in [0, 0.05) is 34.0 Å². The fourth-order valence-electron chi connectivity index (χ4n) is 4.97. The molecule has 11 nitrogen and oxygen atoms in total. The number of Topliss-reactive ketones (excluding diaryl/α,β-unsaturated/α-hetero) is 1. The number of nitrogens with one attached hydrogen (secondary N) is 3. The summed E-state index contributed by atoms with van der Waals surface area (Å²) in [7, 11) is 0. The SMILES string of the molecule is CC(C)(C)OC(=O)N[C@@H](Cc1ccccc1)C(=O)NCC(=O)N[C@@H](Cc1ccc(OCc2c(Cl)cccc2Cl)cc1)C(=O)OCC(=O)c1ccccc1. The van der Waals surface area contributed by atoms with Crippen LogP contribution in [0.25, 0.3) is 0 Å². The van der Waals surface area contributed by atoms with Crippen molar-refractivity contribution in [2.45, 2.75) is 57.9 Å². The Kier molecular flexibility index (Phi) is 14.8. The Labute approximate surface area is 318 Å². The lowest BCUT2D eigenvalue weighted by molar-refractivity contribution is -0.146. The first-order valence-corrected chi connectivity index (χ1v) is 17.5. The lowest BCUT2D eigenvalue weighted by Crippen LogP contribution is -2.52. The van der Waals surface area contributed by atoms with E-state index in [2.05, 4.69) is 16.0 Å². The summed E-state index contributed by atoms with van der Waals surface area (Å²) in [5.74, 6) is -2.11. The smallest absolute Gasteiger partial charge is 0.408 e. The van der Waals surface area contributed by atoms with Crippen LogP contribution in [0, 0.1) is 0 Å². The van der Waals surface area contributed by atoms with Crippen molar-refractivity contribution in [1.82, 2.24) is 16.0 Å². The van der Waals surface area contributed by atoms with Gasteiger partial charge in [-0.05, 0) is 56.2 Å². The summed E-state index contributed by atoms with van der Waals surface area (Å²) < 4.78 is 16.5. The molecular formula is C40H41Cl2N3O8. The number of hydrogen-bond donors (Lipinski definition) is 3. The van der Waals surface area contributed by atoms with E-state index >= 15 is 0 Å². The molecule has 0 heterocycles. The fraction of sp³-hybridized carbons (Fsp3) is 0.275. The van der Waals surface area contributed by atoms with Crippen LogP contribution in [-0.4, -0.2) is 60.5 Å². The molecule has 2 atom stereocenters. The van der Waals surface area contributed by atoms with Gasteiger partial charge in [0.25, 0.3) is 0 Å². The maximum atomic E-state index is 13.3. The summed E-state index contributed by atoms with van der Waals surface area (Å²) in [5, 5.41) is 8.65. The second-order valence-corrected chi connectivity index (χ2v) is 13.8. The minimum Gasteiger partial charge on any atom is -0.489 e. The second-order valence-electron chi connectivity index (χ2n) is 13.0. The summed E-state index contributed by atoms with van der Waals surface area (Å²) in [6, 6.07) is 27.0. The molecule has 0 saturated heterocycles. The molecule has 4 aromatic rings. The summed E-state index contributed by atoms with van der Waals surface area (Å²) >= 11 is 12.5. The third-order valence-electron chi connectivity index (χ3n) is 7.58. The van der Waals surface area contributed by atoms with E-state index in [0.29, 0.717) is 32.5 Å². The van der Waals surface area contributed by atoms with Gasteiger partial charge in [-0.3, -0.25) is 14.4 Å². The van der Waals surface area contributed by atoms with Crippen molar-refractivity contribution in [2.75, 3.05) is 13.2 Å². The van der Waals surface area contributed by atoms with Crippen LogP contribution in [0.1, 0.15) is 47.8 Å². The van der Waals surface area contributed by atoms with Gasteiger partial charge >= 0.3 is 12.1 Å². The summed E-state index contributed by atoms with van der Waals surface area (Å²) in [4.78, 5) is 65.0. The van der Waals surface area contributed by atoms with Gasteiger partial charge in [0.15, 0.2) is 12.4 Å². The molecule has 278 valence electrons.